The van der Waals surface area contributed by atoms with Gasteiger partial charge in [0.15, 0.2) is 5.69 Å². The van der Waals surface area contributed by atoms with Gasteiger partial charge in [0, 0.05) is 6.54 Å². The largest absolute Gasteiger partial charge is 0.507 e. The molecule has 1 aliphatic heterocycles. The molecule has 2 aromatic rings. The third-order valence-corrected chi connectivity index (χ3v) is 3.47. The number of para-hydroxylation sites is 1. The Morgan fingerprint density at radius 2 is 2.05 bits per heavy atom. The molecule has 0 amide bonds. The van der Waals surface area contributed by atoms with Crippen LogP contribution in [0.5, 0.6) is 5.75 Å². The molecule has 0 fully saturated rings. The molecule has 0 unspecified atom stereocenters. The predicted molar refractivity (Wildman–Crippen MR) is 69.2 cm³/mol. The average Bonchev–Trinajstić information content (AvgIpc) is 2.79. The van der Waals surface area contributed by atoms with E-state index in [0.29, 0.717) is 11.4 Å². The topological polar surface area (TPSA) is 75.3 Å². The number of hydrogen-bond donors (Lipinski definition) is 2. The molecule has 1 aliphatic rings. The minimum atomic E-state index is -1.01. The molecule has 5 heteroatoms. The van der Waals surface area contributed by atoms with Gasteiger partial charge >= 0.3 is 5.97 Å². The highest BCUT2D eigenvalue weighted by molar-refractivity contribution is 5.88. The molecule has 3 rings (SSSR count). The predicted octanol–water partition coefficient (Wildman–Crippen LogP) is 2.29. The molecule has 0 bridgehead atoms. The summed E-state index contributed by atoms with van der Waals surface area (Å²) in [6, 6.07) is 6.88. The molecule has 0 saturated carbocycles. The summed E-state index contributed by atoms with van der Waals surface area (Å²) in [4.78, 5) is 15.5. The first kappa shape index (κ1) is 11.8. The molecule has 19 heavy (non-hydrogen) atoms. The van der Waals surface area contributed by atoms with Gasteiger partial charge in [-0.3, -0.25) is 0 Å². The van der Waals surface area contributed by atoms with Crippen LogP contribution in [0.15, 0.2) is 24.3 Å². The number of aromatic nitrogens is 2. The highest BCUT2D eigenvalue weighted by atomic mass is 16.4. The van der Waals surface area contributed by atoms with Gasteiger partial charge in [-0.1, -0.05) is 12.1 Å². The number of phenolic OH excluding ortho intramolecular Hbond substituents is 1. The van der Waals surface area contributed by atoms with E-state index in [1.165, 1.54) is 0 Å². The molecule has 0 atom stereocenters. The average molecular weight is 258 g/mol. The molecule has 5 nitrogen and oxygen atoms in total. The molecule has 2 heterocycles. The first-order chi connectivity index (χ1) is 9.18. The first-order valence-electron chi connectivity index (χ1n) is 6.29. The van der Waals surface area contributed by atoms with Gasteiger partial charge in [-0.2, -0.15) is 0 Å². The number of carbonyl (C=O) groups is 1. The van der Waals surface area contributed by atoms with Crippen molar-refractivity contribution < 1.29 is 15.0 Å². The quantitative estimate of drug-likeness (QED) is 0.866. The van der Waals surface area contributed by atoms with Gasteiger partial charge in [0.1, 0.15) is 11.6 Å². The number of phenols is 1. The zero-order valence-electron chi connectivity index (χ0n) is 10.3. The fraction of sp³-hybridized carbons (Fsp3) is 0.286. The van der Waals surface area contributed by atoms with Crippen LogP contribution in [0.4, 0.5) is 0 Å². The van der Waals surface area contributed by atoms with Crippen molar-refractivity contribution in [1.82, 2.24) is 9.55 Å². The number of aromatic carboxylic acids is 1. The van der Waals surface area contributed by atoms with Gasteiger partial charge in [0.25, 0.3) is 0 Å². The summed E-state index contributed by atoms with van der Waals surface area (Å²) in [6.07, 6.45) is 2.71. The Bertz CT molecular complexity index is 646. The molecular weight excluding hydrogens is 244 g/mol. The van der Waals surface area contributed by atoms with Crippen molar-refractivity contribution in [3.8, 4) is 17.1 Å². The summed E-state index contributed by atoms with van der Waals surface area (Å²) in [6.45, 7) is 0.749. The molecule has 2 N–H and O–H groups in total. The van der Waals surface area contributed by atoms with Crippen molar-refractivity contribution in [2.24, 2.45) is 0 Å². The summed E-state index contributed by atoms with van der Waals surface area (Å²) in [7, 11) is 0. The van der Waals surface area contributed by atoms with Crippen LogP contribution in [-0.2, 0) is 13.0 Å². The van der Waals surface area contributed by atoms with Gasteiger partial charge in [-0.05, 0) is 31.4 Å². The number of fused-ring (bicyclic) bond motifs is 1. The lowest BCUT2D eigenvalue weighted by atomic mass is 10.1. The van der Waals surface area contributed by atoms with Gasteiger partial charge in [0.2, 0.25) is 0 Å². The molecule has 0 radical (unpaired) electrons. The molecule has 1 aromatic heterocycles. The molecule has 1 aromatic carbocycles. The number of rotatable bonds is 2. The van der Waals surface area contributed by atoms with Gasteiger partial charge in [-0.15, -0.1) is 0 Å². The molecule has 0 spiro atoms. The van der Waals surface area contributed by atoms with E-state index in [2.05, 4.69) is 4.98 Å². The Morgan fingerprint density at radius 1 is 1.26 bits per heavy atom. The summed E-state index contributed by atoms with van der Waals surface area (Å²) in [5, 5.41) is 19.1. The standard InChI is InChI=1S/C14H14N2O3/c17-11-7-2-1-5-9(11)13-15-12(14(18)19)10-6-3-4-8-16(10)13/h1-2,5,7,17H,3-4,6,8H2,(H,18,19). The molecule has 98 valence electrons. The van der Waals surface area contributed by atoms with Gasteiger partial charge < -0.3 is 14.8 Å². The van der Waals surface area contributed by atoms with E-state index in [0.717, 1.165) is 31.5 Å². The van der Waals surface area contributed by atoms with E-state index in [4.69, 9.17) is 0 Å². The maximum atomic E-state index is 11.3. The number of carboxylic acid groups (broad SMARTS) is 1. The van der Waals surface area contributed by atoms with Crippen molar-refractivity contribution in [3.05, 3.63) is 35.7 Å². The maximum absolute atomic E-state index is 11.3. The molecular formula is C14H14N2O3. The fourth-order valence-corrected chi connectivity index (χ4v) is 2.58. The lowest BCUT2D eigenvalue weighted by Crippen LogP contribution is -2.13. The van der Waals surface area contributed by atoms with E-state index in [9.17, 15) is 15.0 Å². The lowest BCUT2D eigenvalue weighted by Gasteiger charge is -2.17. The van der Waals surface area contributed by atoms with E-state index < -0.39 is 5.97 Å². The lowest BCUT2D eigenvalue weighted by molar-refractivity contribution is 0.0689. The first-order valence-corrected chi connectivity index (χ1v) is 6.29. The Morgan fingerprint density at radius 3 is 2.79 bits per heavy atom. The number of hydrogen-bond acceptors (Lipinski definition) is 3. The van der Waals surface area contributed by atoms with Crippen molar-refractivity contribution >= 4 is 5.97 Å². The van der Waals surface area contributed by atoms with Crippen molar-refractivity contribution in [2.75, 3.05) is 0 Å². The highest BCUT2D eigenvalue weighted by Gasteiger charge is 2.25. The Kier molecular flexibility index (Phi) is 2.74. The smallest absolute Gasteiger partial charge is 0.356 e. The minimum Gasteiger partial charge on any atom is -0.507 e. The maximum Gasteiger partial charge on any atom is 0.356 e. The number of carboxylic acids is 1. The zero-order chi connectivity index (χ0) is 13.4. The van der Waals surface area contributed by atoms with Crippen LogP contribution >= 0.6 is 0 Å². The van der Waals surface area contributed by atoms with Crippen molar-refractivity contribution in [2.45, 2.75) is 25.8 Å². The third-order valence-electron chi connectivity index (χ3n) is 3.47. The number of aromatic hydroxyl groups is 1. The Hall–Kier alpha value is -2.30. The van der Waals surface area contributed by atoms with Crippen LogP contribution in [0.1, 0.15) is 29.0 Å². The number of benzene rings is 1. The zero-order valence-corrected chi connectivity index (χ0v) is 10.3. The second-order valence-electron chi connectivity index (χ2n) is 4.66. The summed E-state index contributed by atoms with van der Waals surface area (Å²) in [5.41, 5.74) is 1.45. The second-order valence-corrected chi connectivity index (χ2v) is 4.66. The highest BCUT2D eigenvalue weighted by Crippen LogP contribution is 2.32. The van der Waals surface area contributed by atoms with Crippen molar-refractivity contribution in [3.63, 3.8) is 0 Å². The fourth-order valence-electron chi connectivity index (χ4n) is 2.58. The van der Waals surface area contributed by atoms with Gasteiger partial charge in [-0.25, -0.2) is 9.78 Å². The second kappa shape index (κ2) is 4.42. The van der Waals surface area contributed by atoms with Crippen LogP contribution in [0.2, 0.25) is 0 Å². The van der Waals surface area contributed by atoms with Crippen LogP contribution in [0.25, 0.3) is 11.4 Å². The normalized spacial score (nSPS) is 14.1. The number of imidazole rings is 1. The third kappa shape index (κ3) is 1.87. The van der Waals surface area contributed by atoms with E-state index >= 15 is 0 Å². The summed E-state index contributed by atoms with van der Waals surface area (Å²) in [5.74, 6) is -0.338. The Labute approximate surface area is 110 Å². The van der Waals surface area contributed by atoms with Crippen LogP contribution in [-0.4, -0.2) is 25.7 Å². The summed E-state index contributed by atoms with van der Waals surface area (Å²) >= 11 is 0. The molecule has 0 aliphatic carbocycles. The van der Waals surface area contributed by atoms with Crippen LogP contribution in [0, 0.1) is 0 Å². The van der Waals surface area contributed by atoms with Crippen LogP contribution < -0.4 is 0 Å². The minimum absolute atomic E-state index is 0.109. The van der Waals surface area contributed by atoms with E-state index in [1.54, 1.807) is 24.3 Å². The SMILES string of the molecule is O=C(O)c1nc(-c2ccccc2O)n2c1CCCC2. The Balaban J connectivity index is 2.22. The summed E-state index contributed by atoms with van der Waals surface area (Å²) < 4.78 is 1.92. The monoisotopic (exact) mass is 258 g/mol. The van der Waals surface area contributed by atoms with Gasteiger partial charge in [0.05, 0.1) is 11.3 Å². The van der Waals surface area contributed by atoms with Crippen LogP contribution in [0.3, 0.4) is 0 Å². The van der Waals surface area contributed by atoms with E-state index in [-0.39, 0.29) is 11.4 Å². The number of nitrogens with zero attached hydrogens (tertiary/aromatic N) is 2. The van der Waals surface area contributed by atoms with Crippen molar-refractivity contribution in [1.29, 1.82) is 0 Å². The van der Waals surface area contributed by atoms with E-state index in [1.807, 2.05) is 4.57 Å². The molecule has 0 saturated heterocycles.